The first-order chi connectivity index (χ1) is 10.2. The van der Waals surface area contributed by atoms with Crippen LogP contribution in [0, 0.1) is 11.3 Å². The van der Waals surface area contributed by atoms with E-state index in [4.69, 9.17) is 10.00 Å². The molecule has 4 heteroatoms. The summed E-state index contributed by atoms with van der Waals surface area (Å²) in [7, 11) is 0. The van der Waals surface area contributed by atoms with Gasteiger partial charge in [0.1, 0.15) is 12.4 Å². The zero-order valence-corrected chi connectivity index (χ0v) is 12.6. The summed E-state index contributed by atoms with van der Waals surface area (Å²) in [5, 5.41) is 8.78. The highest BCUT2D eigenvalue weighted by Crippen LogP contribution is 2.30. The van der Waals surface area contributed by atoms with Crippen LogP contribution in [0.1, 0.15) is 21.5 Å². The molecule has 102 valence electrons. The van der Waals surface area contributed by atoms with Crippen molar-refractivity contribution in [2.75, 3.05) is 6.61 Å². The molecule has 1 aliphatic rings. The number of fused-ring (bicyclic) bond motifs is 1. The second-order valence-electron chi connectivity index (χ2n) is 4.66. The van der Waals surface area contributed by atoms with Crippen molar-refractivity contribution >= 4 is 27.8 Å². The van der Waals surface area contributed by atoms with Gasteiger partial charge in [-0.1, -0.05) is 28.1 Å². The molecule has 3 nitrogen and oxygen atoms in total. The van der Waals surface area contributed by atoms with Gasteiger partial charge in [0.05, 0.1) is 17.2 Å². The molecule has 0 amide bonds. The van der Waals surface area contributed by atoms with Crippen molar-refractivity contribution in [2.45, 2.75) is 0 Å². The summed E-state index contributed by atoms with van der Waals surface area (Å²) in [4.78, 5) is 12.5. The number of rotatable bonds is 1. The summed E-state index contributed by atoms with van der Waals surface area (Å²) >= 11 is 3.36. The number of hydrogen-bond donors (Lipinski definition) is 0. The average molecular weight is 340 g/mol. The predicted molar refractivity (Wildman–Crippen MR) is 83.1 cm³/mol. The highest BCUT2D eigenvalue weighted by Gasteiger charge is 2.23. The number of hydrogen-bond acceptors (Lipinski definition) is 3. The maximum absolute atomic E-state index is 12.5. The zero-order valence-electron chi connectivity index (χ0n) is 11.0. The summed E-state index contributed by atoms with van der Waals surface area (Å²) in [6, 6.07) is 14.6. The van der Waals surface area contributed by atoms with Crippen LogP contribution < -0.4 is 4.74 Å². The van der Waals surface area contributed by atoms with Gasteiger partial charge >= 0.3 is 0 Å². The van der Waals surface area contributed by atoms with Crippen molar-refractivity contribution in [1.82, 2.24) is 0 Å². The Labute approximate surface area is 130 Å². The first-order valence-corrected chi connectivity index (χ1v) is 7.14. The molecule has 0 radical (unpaired) electrons. The minimum absolute atomic E-state index is 0.0260. The van der Waals surface area contributed by atoms with Crippen molar-refractivity contribution in [3.63, 3.8) is 0 Å². The molecule has 21 heavy (non-hydrogen) atoms. The van der Waals surface area contributed by atoms with Crippen LogP contribution in [0.3, 0.4) is 0 Å². The summed E-state index contributed by atoms with van der Waals surface area (Å²) < 4.78 is 6.46. The maximum atomic E-state index is 12.5. The van der Waals surface area contributed by atoms with Crippen LogP contribution in [0.5, 0.6) is 5.75 Å². The van der Waals surface area contributed by atoms with Gasteiger partial charge in [-0.15, -0.1) is 0 Å². The Morgan fingerprint density at radius 1 is 1.19 bits per heavy atom. The predicted octanol–water partition coefficient (Wildman–Crippen LogP) is 3.98. The molecule has 2 aromatic carbocycles. The summed E-state index contributed by atoms with van der Waals surface area (Å²) in [5.41, 5.74) is 2.64. The van der Waals surface area contributed by atoms with E-state index >= 15 is 0 Å². The largest absolute Gasteiger partial charge is 0.488 e. The average Bonchev–Trinajstić information content (AvgIpc) is 2.51. The number of ketones is 1. The molecule has 3 rings (SSSR count). The van der Waals surface area contributed by atoms with Gasteiger partial charge in [-0.05, 0) is 42.0 Å². The third kappa shape index (κ3) is 2.74. The van der Waals surface area contributed by atoms with Crippen LogP contribution in [0.4, 0.5) is 0 Å². The van der Waals surface area contributed by atoms with Gasteiger partial charge in [-0.3, -0.25) is 4.79 Å². The number of benzene rings is 2. The maximum Gasteiger partial charge on any atom is 0.196 e. The second kappa shape index (κ2) is 5.55. The number of carbonyl (C=O) groups excluding carboxylic acids is 1. The van der Waals surface area contributed by atoms with E-state index in [9.17, 15) is 4.79 Å². The van der Waals surface area contributed by atoms with E-state index in [1.807, 2.05) is 18.2 Å². The normalized spacial score (nSPS) is 15.2. The quantitative estimate of drug-likeness (QED) is 0.738. The molecule has 1 aliphatic heterocycles. The van der Waals surface area contributed by atoms with Crippen LogP contribution in [0.2, 0.25) is 0 Å². The Morgan fingerprint density at radius 3 is 2.67 bits per heavy atom. The molecule has 0 N–H and O–H groups in total. The fourth-order valence-electron chi connectivity index (χ4n) is 2.16. The first-order valence-electron chi connectivity index (χ1n) is 6.35. The number of nitrogens with zero attached hydrogens (tertiary/aromatic N) is 1. The van der Waals surface area contributed by atoms with Gasteiger partial charge in [0.2, 0.25) is 0 Å². The van der Waals surface area contributed by atoms with Crippen LogP contribution >= 0.6 is 15.9 Å². The van der Waals surface area contributed by atoms with Crippen LogP contribution in [0.15, 0.2) is 52.5 Å². The van der Waals surface area contributed by atoms with Crippen molar-refractivity contribution < 1.29 is 9.53 Å². The van der Waals surface area contributed by atoms with E-state index in [1.165, 1.54) is 0 Å². The molecule has 0 spiro atoms. The summed E-state index contributed by atoms with van der Waals surface area (Å²) in [5.74, 6) is 0.585. The Hall–Kier alpha value is -2.38. The highest BCUT2D eigenvalue weighted by molar-refractivity contribution is 9.10. The van der Waals surface area contributed by atoms with Crippen molar-refractivity contribution in [3.05, 3.63) is 69.2 Å². The Morgan fingerprint density at radius 2 is 1.95 bits per heavy atom. The smallest absolute Gasteiger partial charge is 0.196 e. The fourth-order valence-corrected chi connectivity index (χ4v) is 2.52. The molecule has 0 aliphatic carbocycles. The number of Topliss-reactive ketones (excluding diaryl/α,β-unsaturated/α-hetero) is 1. The van der Waals surface area contributed by atoms with Gasteiger partial charge in [0, 0.05) is 10.0 Å². The van der Waals surface area contributed by atoms with E-state index in [1.54, 1.807) is 30.3 Å². The van der Waals surface area contributed by atoms with Crippen molar-refractivity contribution in [3.8, 4) is 11.8 Å². The summed E-state index contributed by atoms with van der Waals surface area (Å²) in [6.45, 7) is 0.257. The van der Waals surface area contributed by atoms with Crippen LogP contribution in [-0.2, 0) is 0 Å². The lowest BCUT2D eigenvalue weighted by atomic mass is 9.98. The monoisotopic (exact) mass is 339 g/mol. The van der Waals surface area contributed by atoms with E-state index in [0.29, 0.717) is 22.4 Å². The molecule has 0 atom stereocenters. The molecular weight excluding hydrogens is 330 g/mol. The van der Waals surface area contributed by atoms with Crippen molar-refractivity contribution in [2.24, 2.45) is 0 Å². The molecule has 0 bridgehead atoms. The molecular formula is C17H10BrNO2. The van der Waals surface area contributed by atoms with Gasteiger partial charge in [0.15, 0.2) is 5.78 Å². The highest BCUT2D eigenvalue weighted by atomic mass is 79.9. The lowest BCUT2D eigenvalue weighted by Crippen LogP contribution is -2.18. The first kappa shape index (κ1) is 13.6. The number of halogens is 1. The van der Waals surface area contributed by atoms with E-state index in [-0.39, 0.29) is 12.4 Å². The lowest BCUT2D eigenvalue weighted by molar-refractivity contribution is 0.100. The SMILES string of the molecule is N#Cc1ccc(/C=C2\COc3ccc(Br)cc3C2=O)cc1. The van der Waals surface area contributed by atoms with E-state index in [2.05, 4.69) is 22.0 Å². The molecule has 0 unspecified atom stereocenters. The number of ether oxygens (including phenoxy) is 1. The third-order valence-corrected chi connectivity index (χ3v) is 3.73. The molecule has 0 saturated carbocycles. The van der Waals surface area contributed by atoms with Gasteiger partial charge in [0.25, 0.3) is 0 Å². The van der Waals surface area contributed by atoms with E-state index < -0.39 is 0 Å². The standard InChI is InChI=1S/C17H10BrNO2/c18-14-5-6-16-15(8-14)17(20)13(10-21-16)7-11-1-3-12(9-19)4-2-11/h1-8H,10H2/b13-7+. The summed E-state index contributed by atoms with van der Waals surface area (Å²) in [6.07, 6.45) is 1.80. The third-order valence-electron chi connectivity index (χ3n) is 3.24. The van der Waals surface area contributed by atoms with Crippen molar-refractivity contribution in [1.29, 1.82) is 5.26 Å². The van der Waals surface area contributed by atoms with Crippen LogP contribution in [-0.4, -0.2) is 12.4 Å². The topological polar surface area (TPSA) is 50.1 Å². The number of carbonyl (C=O) groups is 1. The number of nitriles is 1. The van der Waals surface area contributed by atoms with E-state index in [0.717, 1.165) is 10.0 Å². The molecule has 0 saturated heterocycles. The van der Waals surface area contributed by atoms with Gasteiger partial charge < -0.3 is 4.74 Å². The Balaban J connectivity index is 1.95. The Bertz CT molecular complexity index is 785. The minimum atomic E-state index is -0.0260. The molecule has 2 aromatic rings. The fraction of sp³-hybridized carbons (Fsp3) is 0.0588. The van der Waals surface area contributed by atoms with Gasteiger partial charge in [-0.2, -0.15) is 5.26 Å². The lowest BCUT2D eigenvalue weighted by Gasteiger charge is -2.19. The molecule has 1 heterocycles. The molecule has 0 fully saturated rings. The second-order valence-corrected chi connectivity index (χ2v) is 5.58. The minimum Gasteiger partial charge on any atom is -0.488 e. The Kier molecular flexibility index (Phi) is 3.59. The molecule has 0 aromatic heterocycles. The van der Waals surface area contributed by atoms with Gasteiger partial charge in [-0.25, -0.2) is 0 Å². The van der Waals surface area contributed by atoms with Crippen LogP contribution in [0.25, 0.3) is 6.08 Å². The zero-order chi connectivity index (χ0) is 14.8.